The predicted molar refractivity (Wildman–Crippen MR) is 78.8 cm³/mol. The largest absolute Gasteiger partial charge is 0.381 e. The van der Waals surface area contributed by atoms with Crippen LogP contribution in [0, 0.1) is 6.92 Å². The molecule has 3 aromatic rings. The molecule has 0 spiro atoms. The van der Waals surface area contributed by atoms with Crippen LogP contribution >= 0.6 is 0 Å². The van der Waals surface area contributed by atoms with Crippen molar-refractivity contribution in [2.45, 2.75) is 13.5 Å². The van der Waals surface area contributed by atoms with E-state index in [1.54, 1.807) is 6.20 Å². The smallest absolute Gasteiger partial charge is 0.0666 e. The molecule has 0 aliphatic rings. The van der Waals surface area contributed by atoms with Crippen molar-refractivity contribution in [3.8, 4) is 5.69 Å². The Morgan fingerprint density at radius 2 is 2.15 bits per heavy atom. The maximum Gasteiger partial charge on any atom is 0.0666 e. The molecule has 20 heavy (non-hydrogen) atoms. The number of aryl methyl sites for hydroxylation is 2. The molecule has 2 aromatic heterocycles. The van der Waals surface area contributed by atoms with Crippen LogP contribution in [0.3, 0.4) is 0 Å². The van der Waals surface area contributed by atoms with Gasteiger partial charge >= 0.3 is 0 Å². The quantitative estimate of drug-likeness (QED) is 0.790. The third kappa shape index (κ3) is 2.56. The molecule has 5 nitrogen and oxygen atoms in total. The first-order valence-corrected chi connectivity index (χ1v) is 6.55. The summed E-state index contributed by atoms with van der Waals surface area (Å²) in [6.07, 6.45) is 5.75. The van der Waals surface area contributed by atoms with Crippen LogP contribution in [0.5, 0.6) is 0 Å². The lowest BCUT2D eigenvalue weighted by Crippen LogP contribution is -2.01. The third-order valence-corrected chi connectivity index (χ3v) is 3.21. The van der Waals surface area contributed by atoms with Crippen LogP contribution in [0.25, 0.3) is 5.69 Å². The summed E-state index contributed by atoms with van der Waals surface area (Å²) in [5.74, 6) is 0. The van der Waals surface area contributed by atoms with Crippen molar-refractivity contribution in [1.82, 2.24) is 19.6 Å². The Kier molecular flexibility index (Phi) is 3.25. The number of rotatable bonds is 4. The predicted octanol–water partition coefficient (Wildman–Crippen LogP) is 2.53. The number of benzene rings is 1. The SMILES string of the molecule is Cc1nn(C)cc1CNc1cccc(-n2cccn2)c1. The van der Waals surface area contributed by atoms with Crippen LogP contribution in [-0.2, 0) is 13.6 Å². The third-order valence-electron chi connectivity index (χ3n) is 3.21. The van der Waals surface area contributed by atoms with Crippen molar-refractivity contribution >= 4 is 5.69 Å². The highest BCUT2D eigenvalue weighted by molar-refractivity contribution is 5.51. The van der Waals surface area contributed by atoms with E-state index in [4.69, 9.17) is 0 Å². The fraction of sp³-hybridized carbons (Fsp3) is 0.200. The zero-order chi connectivity index (χ0) is 13.9. The van der Waals surface area contributed by atoms with Gasteiger partial charge in [0, 0.05) is 43.4 Å². The van der Waals surface area contributed by atoms with Crippen molar-refractivity contribution in [3.05, 3.63) is 60.2 Å². The summed E-state index contributed by atoms with van der Waals surface area (Å²) in [6, 6.07) is 10.1. The van der Waals surface area contributed by atoms with Gasteiger partial charge in [-0.25, -0.2) is 4.68 Å². The second kappa shape index (κ2) is 5.21. The molecule has 102 valence electrons. The number of aromatic nitrogens is 4. The highest BCUT2D eigenvalue weighted by Gasteiger charge is 2.03. The van der Waals surface area contributed by atoms with Gasteiger partial charge < -0.3 is 5.32 Å². The van der Waals surface area contributed by atoms with Crippen LogP contribution in [0.1, 0.15) is 11.3 Å². The summed E-state index contributed by atoms with van der Waals surface area (Å²) in [6.45, 7) is 2.79. The first-order valence-electron chi connectivity index (χ1n) is 6.55. The highest BCUT2D eigenvalue weighted by atomic mass is 15.3. The molecular weight excluding hydrogens is 250 g/mol. The zero-order valence-electron chi connectivity index (χ0n) is 11.6. The Morgan fingerprint density at radius 1 is 1.25 bits per heavy atom. The Hall–Kier alpha value is -2.56. The average molecular weight is 267 g/mol. The summed E-state index contributed by atoms with van der Waals surface area (Å²) >= 11 is 0. The number of hydrogen-bond acceptors (Lipinski definition) is 3. The lowest BCUT2D eigenvalue weighted by molar-refractivity contribution is 0.756. The van der Waals surface area contributed by atoms with E-state index in [-0.39, 0.29) is 0 Å². The van der Waals surface area contributed by atoms with E-state index >= 15 is 0 Å². The topological polar surface area (TPSA) is 47.7 Å². The van der Waals surface area contributed by atoms with Crippen molar-refractivity contribution in [3.63, 3.8) is 0 Å². The average Bonchev–Trinajstić information content (AvgIpc) is 3.07. The van der Waals surface area contributed by atoms with Gasteiger partial charge in [-0.1, -0.05) is 6.07 Å². The van der Waals surface area contributed by atoms with Gasteiger partial charge in [0.1, 0.15) is 0 Å². The minimum absolute atomic E-state index is 0.766. The van der Waals surface area contributed by atoms with Gasteiger partial charge in [-0.3, -0.25) is 4.68 Å². The van der Waals surface area contributed by atoms with Crippen molar-refractivity contribution in [2.75, 3.05) is 5.32 Å². The summed E-state index contributed by atoms with van der Waals surface area (Å²) in [7, 11) is 1.94. The standard InChI is InChI=1S/C15H17N5/c1-12-13(11-19(2)18-12)10-16-14-5-3-6-15(9-14)20-8-4-7-17-20/h3-9,11,16H,10H2,1-2H3. The van der Waals surface area contributed by atoms with Gasteiger partial charge in [0.05, 0.1) is 11.4 Å². The first kappa shape index (κ1) is 12.5. The van der Waals surface area contributed by atoms with Gasteiger partial charge in [-0.2, -0.15) is 10.2 Å². The Morgan fingerprint density at radius 3 is 2.85 bits per heavy atom. The summed E-state index contributed by atoms with van der Waals surface area (Å²) < 4.78 is 3.69. The molecule has 1 aromatic carbocycles. The molecular formula is C15H17N5. The molecule has 3 rings (SSSR count). The molecule has 0 bridgehead atoms. The van der Waals surface area contributed by atoms with E-state index in [1.807, 2.05) is 53.9 Å². The molecule has 0 saturated carbocycles. The van der Waals surface area contributed by atoms with Gasteiger partial charge in [0.15, 0.2) is 0 Å². The van der Waals surface area contributed by atoms with Gasteiger partial charge in [-0.15, -0.1) is 0 Å². The van der Waals surface area contributed by atoms with E-state index in [9.17, 15) is 0 Å². The molecule has 0 radical (unpaired) electrons. The second-order valence-electron chi connectivity index (χ2n) is 4.77. The molecule has 2 heterocycles. The minimum atomic E-state index is 0.766. The zero-order valence-corrected chi connectivity index (χ0v) is 11.6. The van der Waals surface area contributed by atoms with Gasteiger partial charge in [0.2, 0.25) is 0 Å². The Balaban J connectivity index is 1.75. The van der Waals surface area contributed by atoms with Crippen LogP contribution in [0.15, 0.2) is 48.9 Å². The fourth-order valence-corrected chi connectivity index (χ4v) is 2.20. The van der Waals surface area contributed by atoms with Crippen LogP contribution in [0.2, 0.25) is 0 Å². The number of anilines is 1. The number of nitrogens with one attached hydrogen (secondary N) is 1. The highest BCUT2D eigenvalue weighted by Crippen LogP contribution is 2.15. The summed E-state index contributed by atoms with van der Waals surface area (Å²) in [4.78, 5) is 0. The van der Waals surface area contributed by atoms with E-state index in [0.29, 0.717) is 0 Å². The number of nitrogens with zero attached hydrogens (tertiary/aromatic N) is 4. The summed E-state index contributed by atoms with van der Waals surface area (Å²) in [5.41, 5.74) is 4.38. The minimum Gasteiger partial charge on any atom is -0.381 e. The Bertz CT molecular complexity index is 697. The van der Waals surface area contributed by atoms with E-state index in [1.165, 1.54) is 5.56 Å². The molecule has 0 aliphatic carbocycles. The molecule has 0 unspecified atom stereocenters. The molecule has 0 saturated heterocycles. The lowest BCUT2D eigenvalue weighted by atomic mass is 10.2. The van der Waals surface area contributed by atoms with Crippen molar-refractivity contribution < 1.29 is 0 Å². The van der Waals surface area contributed by atoms with Crippen LogP contribution < -0.4 is 5.32 Å². The van der Waals surface area contributed by atoms with Crippen molar-refractivity contribution in [2.24, 2.45) is 7.05 Å². The van der Waals surface area contributed by atoms with Gasteiger partial charge in [0.25, 0.3) is 0 Å². The normalized spacial score (nSPS) is 10.7. The van der Waals surface area contributed by atoms with Crippen LogP contribution in [-0.4, -0.2) is 19.6 Å². The maximum atomic E-state index is 4.34. The Labute approximate surface area is 117 Å². The van der Waals surface area contributed by atoms with E-state index < -0.39 is 0 Å². The van der Waals surface area contributed by atoms with E-state index in [2.05, 4.69) is 27.6 Å². The monoisotopic (exact) mass is 267 g/mol. The molecule has 0 fully saturated rings. The maximum absolute atomic E-state index is 4.34. The molecule has 1 N–H and O–H groups in total. The molecule has 0 amide bonds. The first-order chi connectivity index (χ1) is 9.72. The lowest BCUT2D eigenvalue weighted by Gasteiger charge is -2.08. The molecule has 5 heteroatoms. The molecule has 0 atom stereocenters. The van der Waals surface area contributed by atoms with Gasteiger partial charge in [-0.05, 0) is 31.2 Å². The number of hydrogen-bond donors (Lipinski definition) is 1. The van der Waals surface area contributed by atoms with E-state index in [0.717, 1.165) is 23.6 Å². The second-order valence-corrected chi connectivity index (χ2v) is 4.77. The molecule has 0 aliphatic heterocycles. The van der Waals surface area contributed by atoms with Crippen molar-refractivity contribution in [1.29, 1.82) is 0 Å². The summed E-state index contributed by atoms with van der Waals surface area (Å²) in [5, 5.41) is 12.0. The fourth-order valence-electron chi connectivity index (χ4n) is 2.20. The van der Waals surface area contributed by atoms with Crippen LogP contribution in [0.4, 0.5) is 5.69 Å².